The van der Waals surface area contributed by atoms with Crippen LogP contribution < -0.4 is 5.73 Å². The summed E-state index contributed by atoms with van der Waals surface area (Å²) in [4.78, 5) is 4.70. The van der Waals surface area contributed by atoms with Gasteiger partial charge in [-0.3, -0.25) is 0 Å². The summed E-state index contributed by atoms with van der Waals surface area (Å²) in [5.41, 5.74) is 8.83. The minimum Gasteiger partial charge on any atom is -0.399 e. The molecule has 0 saturated heterocycles. The molecule has 0 bridgehead atoms. The van der Waals surface area contributed by atoms with Gasteiger partial charge in [-0.15, -0.1) is 0 Å². The number of hydrogen-bond acceptors (Lipinski definition) is 2. The standard InChI is InChI=1S/C15H23N3/c1-5-15-17-13-9-12(16)6-7-14(13)18(15)11(4)8-10(2)3/h6-7,9-11H,5,8,16H2,1-4H3. The van der Waals surface area contributed by atoms with Gasteiger partial charge < -0.3 is 10.3 Å². The third-order valence-corrected chi connectivity index (χ3v) is 3.36. The zero-order chi connectivity index (χ0) is 13.3. The SMILES string of the molecule is CCc1nc2cc(N)ccc2n1C(C)CC(C)C. The van der Waals surface area contributed by atoms with E-state index in [1.807, 2.05) is 12.1 Å². The molecule has 0 fully saturated rings. The molecule has 2 rings (SSSR count). The average molecular weight is 245 g/mol. The normalized spacial score (nSPS) is 13.4. The van der Waals surface area contributed by atoms with Gasteiger partial charge in [0.2, 0.25) is 0 Å². The highest BCUT2D eigenvalue weighted by atomic mass is 15.1. The molecule has 0 amide bonds. The highest BCUT2D eigenvalue weighted by molar-refractivity contribution is 5.79. The number of nitrogen functional groups attached to an aromatic ring is 1. The van der Waals surface area contributed by atoms with Gasteiger partial charge in [0.05, 0.1) is 11.0 Å². The predicted octanol–water partition coefficient (Wildman–Crippen LogP) is 3.79. The minimum absolute atomic E-state index is 0.480. The van der Waals surface area contributed by atoms with Crippen molar-refractivity contribution in [2.75, 3.05) is 5.73 Å². The van der Waals surface area contributed by atoms with Crippen molar-refractivity contribution < 1.29 is 0 Å². The number of rotatable bonds is 4. The molecule has 2 aromatic rings. The van der Waals surface area contributed by atoms with Crippen molar-refractivity contribution in [1.82, 2.24) is 9.55 Å². The molecule has 1 heterocycles. The maximum Gasteiger partial charge on any atom is 0.109 e. The zero-order valence-electron chi connectivity index (χ0n) is 11.8. The topological polar surface area (TPSA) is 43.8 Å². The van der Waals surface area contributed by atoms with Gasteiger partial charge in [-0.05, 0) is 37.5 Å². The minimum atomic E-state index is 0.480. The second-order valence-corrected chi connectivity index (χ2v) is 5.48. The number of nitrogens with two attached hydrogens (primary N) is 1. The fourth-order valence-corrected chi connectivity index (χ4v) is 2.69. The Kier molecular flexibility index (Phi) is 3.60. The molecule has 18 heavy (non-hydrogen) atoms. The van der Waals surface area contributed by atoms with Crippen LogP contribution in [-0.2, 0) is 6.42 Å². The molecule has 98 valence electrons. The Morgan fingerprint density at radius 2 is 2.00 bits per heavy atom. The van der Waals surface area contributed by atoms with Crippen LogP contribution in [0.2, 0.25) is 0 Å². The Bertz CT molecular complexity index is 540. The molecule has 1 aromatic carbocycles. The number of anilines is 1. The highest BCUT2D eigenvalue weighted by Gasteiger charge is 2.15. The Morgan fingerprint density at radius 3 is 2.61 bits per heavy atom. The lowest BCUT2D eigenvalue weighted by molar-refractivity contribution is 0.426. The first-order valence-corrected chi connectivity index (χ1v) is 6.79. The number of hydrogen-bond donors (Lipinski definition) is 1. The quantitative estimate of drug-likeness (QED) is 0.833. The van der Waals surface area contributed by atoms with Crippen LogP contribution in [0, 0.1) is 5.92 Å². The van der Waals surface area contributed by atoms with E-state index in [4.69, 9.17) is 10.7 Å². The molecule has 1 aromatic heterocycles. The molecule has 3 heteroatoms. The fraction of sp³-hybridized carbons (Fsp3) is 0.533. The lowest BCUT2D eigenvalue weighted by Crippen LogP contribution is -2.11. The van der Waals surface area contributed by atoms with Crippen LogP contribution in [0.4, 0.5) is 5.69 Å². The van der Waals surface area contributed by atoms with Crippen LogP contribution in [0.5, 0.6) is 0 Å². The maximum absolute atomic E-state index is 5.83. The molecule has 0 saturated carbocycles. The second kappa shape index (κ2) is 5.01. The van der Waals surface area contributed by atoms with E-state index in [1.54, 1.807) is 0 Å². The summed E-state index contributed by atoms with van der Waals surface area (Å²) < 4.78 is 2.37. The van der Waals surface area contributed by atoms with Crippen LogP contribution in [0.15, 0.2) is 18.2 Å². The molecule has 3 nitrogen and oxygen atoms in total. The van der Waals surface area contributed by atoms with E-state index in [0.717, 1.165) is 23.4 Å². The van der Waals surface area contributed by atoms with Gasteiger partial charge in [-0.1, -0.05) is 20.8 Å². The monoisotopic (exact) mass is 245 g/mol. The van der Waals surface area contributed by atoms with E-state index < -0.39 is 0 Å². The number of imidazole rings is 1. The molecular formula is C15H23N3. The zero-order valence-corrected chi connectivity index (χ0v) is 11.8. The van der Waals surface area contributed by atoms with E-state index in [2.05, 4.69) is 38.3 Å². The molecule has 0 aliphatic carbocycles. The Hall–Kier alpha value is -1.51. The van der Waals surface area contributed by atoms with Gasteiger partial charge in [0.15, 0.2) is 0 Å². The smallest absolute Gasteiger partial charge is 0.109 e. The molecule has 0 radical (unpaired) electrons. The Balaban J connectivity index is 2.53. The van der Waals surface area contributed by atoms with Gasteiger partial charge >= 0.3 is 0 Å². The summed E-state index contributed by atoms with van der Waals surface area (Å²) in [7, 11) is 0. The highest BCUT2D eigenvalue weighted by Crippen LogP contribution is 2.26. The van der Waals surface area contributed by atoms with Gasteiger partial charge in [0, 0.05) is 18.2 Å². The van der Waals surface area contributed by atoms with Crippen molar-refractivity contribution in [2.24, 2.45) is 5.92 Å². The molecule has 0 aliphatic heterocycles. The van der Waals surface area contributed by atoms with Crippen LogP contribution in [0.1, 0.15) is 46.0 Å². The summed E-state index contributed by atoms with van der Waals surface area (Å²) in [5.74, 6) is 1.85. The summed E-state index contributed by atoms with van der Waals surface area (Å²) in [6.45, 7) is 8.96. The van der Waals surface area contributed by atoms with Crippen LogP contribution in [-0.4, -0.2) is 9.55 Å². The largest absolute Gasteiger partial charge is 0.399 e. The van der Waals surface area contributed by atoms with Gasteiger partial charge in [-0.2, -0.15) is 0 Å². The van der Waals surface area contributed by atoms with Crippen LogP contribution >= 0.6 is 0 Å². The molecule has 2 N–H and O–H groups in total. The van der Waals surface area contributed by atoms with E-state index >= 15 is 0 Å². The number of nitrogens with zero attached hydrogens (tertiary/aromatic N) is 2. The van der Waals surface area contributed by atoms with E-state index in [9.17, 15) is 0 Å². The van der Waals surface area contributed by atoms with Crippen LogP contribution in [0.25, 0.3) is 11.0 Å². The predicted molar refractivity (Wildman–Crippen MR) is 77.7 cm³/mol. The molecule has 1 atom stereocenters. The molecular weight excluding hydrogens is 222 g/mol. The van der Waals surface area contributed by atoms with Gasteiger partial charge in [0.1, 0.15) is 5.82 Å². The number of aromatic nitrogens is 2. The first kappa shape index (κ1) is 12.9. The van der Waals surface area contributed by atoms with E-state index in [-0.39, 0.29) is 0 Å². The van der Waals surface area contributed by atoms with Crippen molar-refractivity contribution in [3.8, 4) is 0 Å². The second-order valence-electron chi connectivity index (χ2n) is 5.48. The lowest BCUT2D eigenvalue weighted by atomic mass is 10.0. The summed E-state index contributed by atoms with van der Waals surface area (Å²) >= 11 is 0. The summed E-state index contributed by atoms with van der Waals surface area (Å²) in [6.07, 6.45) is 2.12. The van der Waals surface area contributed by atoms with Crippen molar-refractivity contribution in [3.05, 3.63) is 24.0 Å². The lowest BCUT2D eigenvalue weighted by Gasteiger charge is -2.19. The third-order valence-electron chi connectivity index (χ3n) is 3.36. The summed E-state index contributed by atoms with van der Waals surface area (Å²) in [6, 6.07) is 6.50. The Morgan fingerprint density at radius 1 is 1.28 bits per heavy atom. The third kappa shape index (κ3) is 2.35. The van der Waals surface area contributed by atoms with Crippen molar-refractivity contribution in [3.63, 3.8) is 0 Å². The average Bonchev–Trinajstić information content (AvgIpc) is 2.65. The first-order chi connectivity index (χ1) is 8.52. The van der Waals surface area contributed by atoms with Crippen molar-refractivity contribution >= 4 is 16.7 Å². The maximum atomic E-state index is 5.83. The summed E-state index contributed by atoms with van der Waals surface area (Å²) in [5, 5.41) is 0. The fourth-order valence-electron chi connectivity index (χ4n) is 2.69. The van der Waals surface area contributed by atoms with Crippen molar-refractivity contribution in [1.29, 1.82) is 0 Å². The molecule has 0 aliphatic rings. The van der Waals surface area contributed by atoms with Crippen LogP contribution in [0.3, 0.4) is 0 Å². The van der Waals surface area contributed by atoms with Crippen molar-refractivity contribution in [2.45, 2.75) is 46.6 Å². The first-order valence-electron chi connectivity index (χ1n) is 6.79. The molecule has 0 spiro atoms. The number of aryl methyl sites for hydroxylation is 1. The van der Waals surface area contributed by atoms with Gasteiger partial charge in [0.25, 0.3) is 0 Å². The van der Waals surface area contributed by atoms with E-state index in [1.165, 1.54) is 11.9 Å². The van der Waals surface area contributed by atoms with Gasteiger partial charge in [-0.25, -0.2) is 4.98 Å². The number of benzene rings is 1. The molecule has 1 unspecified atom stereocenters. The van der Waals surface area contributed by atoms with E-state index in [0.29, 0.717) is 12.0 Å². The Labute approximate surface area is 109 Å². The number of fused-ring (bicyclic) bond motifs is 1.